The van der Waals surface area contributed by atoms with Crippen molar-refractivity contribution < 1.29 is 23.8 Å². The van der Waals surface area contributed by atoms with E-state index in [2.05, 4.69) is 0 Å². The van der Waals surface area contributed by atoms with E-state index in [1.807, 2.05) is 43.3 Å². The highest BCUT2D eigenvalue weighted by atomic mass is 16.5. The second-order valence-electron chi connectivity index (χ2n) is 6.48. The maximum atomic E-state index is 12.5. The Balaban J connectivity index is 2.17. The van der Waals surface area contributed by atoms with Gasteiger partial charge in [-0.15, -0.1) is 0 Å². The first-order chi connectivity index (χ1) is 13.5. The van der Waals surface area contributed by atoms with Crippen molar-refractivity contribution >= 4 is 17.5 Å². The first-order valence-corrected chi connectivity index (χ1v) is 9.44. The number of benzene rings is 2. The SMILES string of the molecule is CCOC(=O)C/C=C1\c2ccccc2COc2c(C(=O)OCC)cc(C)cc21. The quantitative estimate of drug-likeness (QED) is 0.717. The lowest BCUT2D eigenvalue weighted by Crippen LogP contribution is -2.09. The number of carbonyl (C=O) groups excluding carboxylic acids is 2. The summed E-state index contributed by atoms with van der Waals surface area (Å²) in [5.41, 5.74) is 4.90. The molecule has 2 aromatic carbocycles. The van der Waals surface area contributed by atoms with E-state index in [4.69, 9.17) is 14.2 Å². The van der Waals surface area contributed by atoms with Gasteiger partial charge in [0.1, 0.15) is 17.9 Å². The molecule has 28 heavy (non-hydrogen) atoms. The topological polar surface area (TPSA) is 61.8 Å². The molecule has 146 valence electrons. The molecule has 5 heteroatoms. The molecule has 0 fully saturated rings. The monoisotopic (exact) mass is 380 g/mol. The molecule has 0 bridgehead atoms. The molecule has 1 heterocycles. The normalized spacial score (nSPS) is 13.8. The molecule has 0 unspecified atom stereocenters. The molecule has 0 atom stereocenters. The van der Waals surface area contributed by atoms with Gasteiger partial charge in [0.05, 0.1) is 19.6 Å². The summed E-state index contributed by atoms with van der Waals surface area (Å²) < 4.78 is 16.3. The van der Waals surface area contributed by atoms with Gasteiger partial charge >= 0.3 is 11.9 Å². The van der Waals surface area contributed by atoms with E-state index in [1.165, 1.54) is 0 Å². The van der Waals surface area contributed by atoms with E-state index in [1.54, 1.807) is 19.9 Å². The molecule has 0 spiro atoms. The largest absolute Gasteiger partial charge is 0.487 e. The summed E-state index contributed by atoms with van der Waals surface area (Å²) in [7, 11) is 0. The Kier molecular flexibility index (Phi) is 6.14. The van der Waals surface area contributed by atoms with Crippen LogP contribution in [0.1, 0.15) is 52.9 Å². The number of fused-ring (bicyclic) bond motifs is 2. The van der Waals surface area contributed by atoms with E-state index in [0.29, 0.717) is 24.5 Å². The molecule has 1 aliphatic heterocycles. The highest BCUT2D eigenvalue weighted by Crippen LogP contribution is 2.40. The van der Waals surface area contributed by atoms with Crippen LogP contribution in [0, 0.1) is 6.92 Å². The van der Waals surface area contributed by atoms with Crippen molar-refractivity contribution in [2.24, 2.45) is 0 Å². The van der Waals surface area contributed by atoms with Gasteiger partial charge in [0.2, 0.25) is 0 Å². The van der Waals surface area contributed by atoms with E-state index in [9.17, 15) is 9.59 Å². The Hall–Kier alpha value is -3.08. The zero-order valence-electron chi connectivity index (χ0n) is 16.4. The van der Waals surface area contributed by atoms with E-state index < -0.39 is 5.97 Å². The zero-order chi connectivity index (χ0) is 20.1. The Morgan fingerprint density at radius 3 is 2.57 bits per heavy atom. The van der Waals surface area contributed by atoms with Crippen molar-refractivity contribution in [3.05, 3.63) is 70.3 Å². The summed E-state index contributed by atoms with van der Waals surface area (Å²) in [5, 5.41) is 0. The molecule has 2 aromatic rings. The van der Waals surface area contributed by atoms with E-state index in [-0.39, 0.29) is 19.0 Å². The van der Waals surface area contributed by atoms with Crippen LogP contribution in [0.15, 0.2) is 42.5 Å². The lowest BCUT2D eigenvalue weighted by atomic mass is 9.91. The number of aryl methyl sites for hydroxylation is 1. The molecule has 5 nitrogen and oxygen atoms in total. The van der Waals surface area contributed by atoms with Crippen molar-refractivity contribution in [3.8, 4) is 5.75 Å². The van der Waals surface area contributed by atoms with Gasteiger partial charge in [-0.25, -0.2) is 4.79 Å². The fraction of sp³-hybridized carbons (Fsp3) is 0.304. The number of esters is 2. The second-order valence-corrected chi connectivity index (χ2v) is 6.48. The van der Waals surface area contributed by atoms with Gasteiger partial charge in [0.25, 0.3) is 0 Å². The number of hydrogen-bond donors (Lipinski definition) is 0. The predicted octanol–water partition coefficient (Wildman–Crippen LogP) is 4.45. The molecule has 0 amide bonds. The van der Waals surface area contributed by atoms with Gasteiger partial charge in [-0.05, 0) is 55.2 Å². The summed E-state index contributed by atoms with van der Waals surface area (Å²) in [6.07, 6.45) is 1.98. The maximum Gasteiger partial charge on any atom is 0.341 e. The van der Waals surface area contributed by atoms with Crippen LogP contribution >= 0.6 is 0 Å². The van der Waals surface area contributed by atoms with Crippen molar-refractivity contribution in [2.45, 2.75) is 33.8 Å². The van der Waals surface area contributed by atoms with Crippen molar-refractivity contribution in [3.63, 3.8) is 0 Å². The molecule has 0 radical (unpaired) electrons. The summed E-state index contributed by atoms with van der Waals surface area (Å²) in [6.45, 7) is 6.42. The van der Waals surface area contributed by atoms with Crippen molar-refractivity contribution in [1.29, 1.82) is 0 Å². The molecule has 0 aliphatic carbocycles. The first-order valence-electron chi connectivity index (χ1n) is 9.44. The highest BCUT2D eigenvalue weighted by Gasteiger charge is 2.25. The van der Waals surface area contributed by atoms with Crippen LogP contribution in [0.25, 0.3) is 5.57 Å². The Morgan fingerprint density at radius 2 is 1.82 bits per heavy atom. The van der Waals surface area contributed by atoms with Crippen LogP contribution in [-0.4, -0.2) is 25.2 Å². The van der Waals surface area contributed by atoms with Gasteiger partial charge in [0.15, 0.2) is 0 Å². The van der Waals surface area contributed by atoms with Gasteiger partial charge in [-0.3, -0.25) is 4.79 Å². The number of hydrogen-bond acceptors (Lipinski definition) is 5. The van der Waals surface area contributed by atoms with Crippen LogP contribution in [0.5, 0.6) is 5.75 Å². The maximum absolute atomic E-state index is 12.5. The standard InChI is InChI=1S/C23H24O5/c1-4-26-21(24)11-10-18-17-9-7-6-8-16(17)14-28-22-19(18)12-15(3)13-20(22)23(25)27-5-2/h6-10,12-13H,4-5,11,14H2,1-3H3/b18-10+. The van der Waals surface area contributed by atoms with Crippen molar-refractivity contribution in [2.75, 3.05) is 13.2 Å². The zero-order valence-corrected chi connectivity index (χ0v) is 16.4. The molecular formula is C23H24O5. The minimum absolute atomic E-state index is 0.139. The number of ether oxygens (including phenoxy) is 3. The fourth-order valence-electron chi connectivity index (χ4n) is 3.32. The van der Waals surface area contributed by atoms with Crippen LogP contribution in [0.2, 0.25) is 0 Å². The van der Waals surface area contributed by atoms with Gasteiger partial charge < -0.3 is 14.2 Å². The Bertz CT molecular complexity index is 927. The lowest BCUT2D eigenvalue weighted by Gasteiger charge is -2.15. The highest BCUT2D eigenvalue weighted by molar-refractivity contribution is 5.97. The molecular weight excluding hydrogens is 356 g/mol. The molecule has 0 N–H and O–H groups in total. The molecule has 0 aromatic heterocycles. The summed E-state index contributed by atoms with van der Waals surface area (Å²) in [5.74, 6) is -0.231. The van der Waals surface area contributed by atoms with Crippen LogP contribution in [0.3, 0.4) is 0 Å². The van der Waals surface area contributed by atoms with Crippen LogP contribution in [0.4, 0.5) is 0 Å². The third-order valence-corrected chi connectivity index (χ3v) is 4.48. The van der Waals surface area contributed by atoms with Gasteiger partial charge in [-0.1, -0.05) is 30.3 Å². The van der Waals surface area contributed by atoms with Crippen LogP contribution in [-0.2, 0) is 20.9 Å². The average Bonchev–Trinajstić information content (AvgIpc) is 2.83. The molecule has 0 saturated heterocycles. The minimum atomic E-state index is -0.418. The predicted molar refractivity (Wildman–Crippen MR) is 106 cm³/mol. The van der Waals surface area contributed by atoms with Crippen LogP contribution < -0.4 is 4.74 Å². The third-order valence-electron chi connectivity index (χ3n) is 4.48. The molecule has 0 saturated carbocycles. The second kappa shape index (κ2) is 8.74. The molecule has 3 rings (SSSR count). The summed E-state index contributed by atoms with van der Waals surface area (Å²) in [6, 6.07) is 11.6. The molecule has 1 aliphatic rings. The average molecular weight is 380 g/mol. The van der Waals surface area contributed by atoms with Crippen molar-refractivity contribution in [1.82, 2.24) is 0 Å². The number of rotatable bonds is 5. The van der Waals surface area contributed by atoms with E-state index >= 15 is 0 Å². The van der Waals surface area contributed by atoms with Gasteiger partial charge in [0, 0.05) is 5.56 Å². The summed E-state index contributed by atoms with van der Waals surface area (Å²) >= 11 is 0. The van der Waals surface area contributed by atoms with Gasteiger partial charge in [-0.2, -0.15) is 0 Å². The van der Waals surface area contributed by atoms with E-state index in [0.717, 1.165) is 27.8 Å². The first kappa shape index (κ1) is 19.7. The fourth-order valence-corrected chi connectivity index (χ4v) is 3.32. The minimum Gasteiger partial charge on any atom is -0.487 e. The lowest BCUT2D eigenvalue weighted by molar-refractivity contribution is -0.142. The Labute approximate surface area is 164 Å². The smallest absolute Gasteiger partial charge is 0.341 e. The summed E-state index contributed by atoms with van der Waals surface area (Å²) in [4.78, 5) is 24.5. The number of carbonyl (C=O) groups is 2. The third kappa shape index (κ3) is 4.09. The Morgan fingerprint density at radius 1 is 1.07 bits per heavy atom.